The Labute approximate surface area is 120 Å². The van der Waals surface area contributed by atoms with Gasteiger partial charge < -0.3 is 15.0 Å². The Morgan fingerprint density at radius 1 is 1.50 bits per heavy atom. The van der Waals surface area contributed by atoms with E-state index in [2.05, 4.69) is 35.3 Å². The lowest BCUT2D eigenvalue weighted by Gasteiger charge is -2.21. The summed E-state index contributed by atoms with van der Waals surface area (Å²) in [7, 11) is 0. The van der Waals surface area contributed by atoms with Crippen molar-refractivity contribution < 1.29 is 9.53 Å². The molecular weight excluding hydrogens is 252 g/mol. The second-order valence-corrected chi connectivity index (χ2v) is 5.74. The van der Waals surface area contributed by atoms with Crippen molar-refractivity contribution in [3.05, 3.63) is 23.8 Å². The molecule has 0 aromatic heterocycles. The molecule has 0 bridgehead atoms. The summed E-state index contributed by atoms with van der Waals surface area (Å²) >= 11 is 0. The zero-order valence-corrected chi connectivity index (χ0v) is 12.2. The number of hydrogen-bond donors (Lipinski definition) is 1. The van der Waals surface area contributed by atoms with Crippen molar-refractivity contribution in [3.63, 3.8) is 0 Å². The smallest absolute Gasteiger partial charge is 0.217 e. The van der Waals surface area contributed by atoms with Gasteiger partial charge in [0.2, 0.25) is 5.91 Å². The SMILES string of the molecule is CCC1Cc2c(cccc2N2CC[C@H](NC(C)=O)C2)O1. The molecule has 2 aliphatic heterocycles. The van der Waals surface area contributed by atoms with Crippen LogP contribution in [-0.2, 0) is 11.2 Å². The Bertz CT molecular complexity index is 515. The van der Waals surface area contributed by atoms with Crippen molar-refractivity contribution in [3.8, 4) is 5.75 Å². The van der Waals surface area contributed by atoms with Gasteiger partial charge in [-0.05, 0) is 25.0 Å². The summed E-state index contributed by atoms with van der Waals surface area (Å²) in [4.78, 5) is 13.5. The largest absolute Gasteiger partial charge is 0.490 e. The summed E-state index contributed by atoms with van der Waals surface area (Å²) in [6.07, 6.45) is 3.38. The minimum atomic E-state index is 0.0597. The third-order valence-electron chi connectivity index (χ3n) is 4.23. The number of nitrogens with zero attached hydrogens (tertiary/aromatic N) is 1. The first kappa shape index (κ1) is 13.3. The summed E-state index contributed by atoms with van der Waals surface area (Å²) in [5.74, 6) is 1.10. The fourth-order valence-corrected chi connectivity index (χ4v) is 3.23. The van der Waals surface area contributed by atoms with E-state index in [0.717, 1.165) is 38.1 Å². The van der Waals surface area contributed by atoms with Crippen LogP contribution in [0.4, 0.5) is 5.69 Å². The molecule has 2 aliphatic rings. The van der Waals surface area contributed by atoms with Gasteiger partial charge in [-0.3, -0.25) is 4.79 Å². The van der Waals surface area contributed by atoms with Crippen molar-refractivity contribution in [1.29, 1.82) is 0 Å². The molecule has 0 saturated carbocycles. The van der Waals surface area contributed by atoms with E-state index in [1.807, 2.05) is 0 Å². The van der Waals surface area contributed by atoms with Gasteiger partial charge in [-0.15, -0.1) is 0 Å². The highest BCUT2D eigenvalue weighted by molar-refractivity contribution is 5.73. The maximum absolute atomic E-state index is 11.2. The average Bonchev–Trinajstić information content (AvgIpc) is 3.03. The number of benzene rings is 1. The number of carbonyl (C=O) groups excluding carboxylic acids is 1. The van der Waals surface area contributed by atoms with Crippen molar-refractivity contribution >= 4 is 11.6 Å². The van der Waals surface area contributed by atoms with E-state index >= 15 is 0 Å². The number of rotatable bonds is 3. The minimum absolute atomic E-state index is 0.0597. The molecule has 4 heteroatoms. The molecule has 1 saturated heterocycles. The number of ether oxygens (including phenoxy) is 1. The molecule has 0 aliphatic carbocycles. The van der Waals surface area contributed by atoms with E-state index in [0.29, 0.717) is 6.10 Å². The Morgan fingerprint density at radius 3 is 3.10 bits per heavy atom. The highest BCUT2D eigenvalue weighted by Crippen LogP contribution is 2.38. The van der Waals surface area contributed by atoms with Crippen LogP contribution in [0.1, 0.15) is 32.3 Å². The summed E-state index contributed by atoms with van der Waals surface area (Å²) in [5, 5.41) is 3.02. The predicted octanol–water partition coefficient (Wildman–Crippen LogP) is 2.11. The number of fused-ring (bicyclic) bond motifs is 1. The molecule has 20 heavy (non-hydrogen) atoms. The molecule has 1 amide bonds. The molecule has 0 radical (unpaired) electrons. The topological polar surface area (TPSA) is 41.6 Å². The Hall–Kier alpha value is -1.71. The fourth-order valence-electron chi connectivity index (χ4n) is 3.23. The standard InChI is InChI=1S/C16H22N2O2/c1-3-13-9-14-15(5-4-6-16(14)20-13)18-8-7-12(10-18)17-11(2)19/h4-6,12-13H,3,7-10H2,1-2H3,(H,17,19)/t12-,13?/m0/s1. The second kappa shape index (κ2) is 5.35. The third kappa shape index (κ3) is 2.47. The number of amides is 1. The molecule has 1 aromatic carbocycles. The van der Waals surface area contributed by atoms with E-state index < -0.39 is 0 Å². The maximum atomic E-state index is 11.2. The number of anilines is 1. The summed E-state index contributed by atoms with van der Waals surface area (Å²) in [6, 6.07) is 6.58. The Balaban J connectivity index is 1.76. The van der Waals surface area contributed by atoms with Crippen LogP contribution in [0.15, 0.2) is 18.2 Å². The Morgan fingerprint density at radius 2 is 2.35 bits per heavy atom. The molecule has 0 spiro atoms. The van der Waals surface area contributed by atoms with Gasteiger partial charge in [-0.1, -0.05) is 13.0 Å². The molecule has 1 unspecified atom stereocenters. The lowest BCUT2D eigenvalue weighted by Crippen LogP contribution is -2.35. The zero-order chi connectivity index (χ0) is 14.1. The first-order valence-electron chi connectivity index (χ1n) is 7.48. The van der Waals surface area contributed by atoms with Crippen molar-refractivity contribution in [2.24, 2.45) is 0 Å². The third-order valence-corrected chi connectivity index (χ3v) is 4.23. The summed E-state index contributed by atoms with van der Waals surface area (Å²) < 4.78 is 5.95. The summed E-state index contributed by atoms with van der Waals surface area (Å²) in [6.45, 7) is 5.65. The first-order valence-corrected chi connectivity index (χ1v) is 7.48. The lowest BCUT2D eigenvalue weighted by atomic mass is 10.1. The van der Waals surface area contributed by atoms with Gasteiger partial charge in [0.05, 0.1) is 0 Å². The molecule has 1 fully saturated rings. The minimum Gasteiger partial charge on any atom is -0.490 e. The quantitative estimate of drug-likeness (QED) is 0.918. The van der Waals surface area contributed by atoms with Crippen molar-refractivity contribution in [1.82, 2.24) is 5.32 Å². The molecule has 3 rings (SSSR count). The van der Waals surface area contributed by atoms with E-state index in [-0.39, 0.29) is 11.9 Å². The van der Waals surface area contributed by atoms with Gasteiger partial charge in [0, 0.05) is 43.7 Å². The van der Waals surface area contributed by atoms with Crippen LogP contribution in [0.2, 0.25) is 0 Å². The highest BCUT2D eigenvalue weighted by atomic mass is 16.5. The van der Waals surface area contributed by atoms with Gasteiger partial charge in [0.1, 0.15) is 11.9 Å². The molecule has 108 valence electrons. The molecule has 4 nitrogen and oxygen atoms in total. The van der Waals surface area contributed by atoms with Crippen molar-refractivity contribution in [2.75, 3.05) is 18.0 Å². The second-order valence-electron chi connectivity index (χ2n) is 5.74. The van der Waals surface area contributed by atoms with E-state index in [9.17, 15) is 4.79 Å². The predicted molar refractivity (Wildman–Crippen MR) is 79.3 cm³/mol. The van der Waals surface area contributed by atoms with Crippen LogP contribution >= 0.6 is 0 Å². The number of carbonyl (C=O) groups is 1. The first-order chi connectivity index (χ1) is 9.67. The maximum Gasteiger partial charge on any atom is 0.217 e. The molecular formula is C16H22N2O2. The van der Waals surface area contributed by atoms with Gasteiger partial charge in [0.25, 0.3) is 0 Å². The summed E-state index contributed by atoms with van der Waals surface area (Å²) in [5.41, 5.74) is 2.62. The fraction of sp³-hybridized carbons (Fsp3) is 0.562. The van der Waals surface area contributed by atoms with Crippen LogP contribution in [0.3, 0.4) is 0 Å². The van der Waals surface area contributed by atoms with Crippen molar-refractivity contribution in [2.45, 2.75) is 45.3 Å². The van der Waals surface area contributed by atoms with Crippen LogP contribution in [0.25, 0.3) is 0 Å². The lowest BCUT2D eigenvalue weighted by molar-refractivity contribution is -0.119. The van der Waals surface area contributed by atoms with Crippen LogP contribution < -0.4 is 15.0 Å². The normalized spacial score (nSPS) is 24.4. The molecule has 2 atom stereocenters. The molecule has 1 aromatic rings. The van der Waals surface area contributed by atoms with Gasteiger partial charge in [0.15, 0.2) is 0 Å². The monoisotopic (exact) mass is 274 g/mol. The number of hydrogen-bond acceptors (Lipinski definition) is 3. The van der Waals surface area contributed by atoms with Crippen LogP contribution in [-0.4, -0.2) is 31.1 Å². The number of nitrogens with one attached hydrogen (secondary N) is 1. The highest BCUT2D eigenvalue weighted by Gasteiger charge is 2.29. The van der Waals surface area contributed by atoms with E-state index in [1.165, 1.54) is 11.3 Å². The van der Waals surface area contributed by atoms with E-state index in [1.54, 1.807) is 6.92 Å². The molecule has 2 heterocycles. The van der Waals surface area contributed by atoms with Gasteiger partial charge in [-0.2, -0.15) is 0 Å². The average molecular weight is 274 g/mol. The van der Waals surface area contributed by atoms with Crippen LogP contribution in [0, 0.1) is 0 Å². The molecule has 1 N–H and O–H groups in total. The van der Waals surface area contributed by atoms with E-state index in [4.69, 9.17) is 4.74 Å². The zero-order valence-electron chi connectivity index (χ0n) is 12.2. The van der Waals surface area contributed by atoms with Gasteiger partial charge in [-0.25, -0.2) is 0 Å². The van der Waals surface area contributed by atoms with Crippen LogP contribution in [0.5, 0.6) is 5.75 Å². The Kier molecular flexibility index (Phi) is 3.55. The van der Waals surface area contributed by atoms with Gasteiger partial charge >= 0.3 is 0 Å².